The number of benzene rings is 2. The summed E-state index contributed by atoms with van der Waals surface area (Å²) in [5, 5.41) is 20.5. The van der Waals surface area contributed by atoms with Crippen molar-refractivity contribution >= 4 is 38.7 Å². The Morgan fingerprint density at radius 1 is 1.14 bits per heavy atom. The zero-order chi connectivity index (χ0) is 29.7. The number of para-hydroxylation sites is 1. The van der Waals surface area contributed by atoms with Crippen LogP contribution < -0.4 is 5.32 Å². The maximum Gasteiger partial charge on any atom is 0.258 e. The number of nitrogens with one attached hydrogen (secondary N) is 1. The normalized spacial score (nSPS) is 34.6. The van der Waals surface area contributed by atoms with Gasteiger partial charge in [0.05, 0.1) is 27.8 Å². The van der Waals surface area contributed by atoms with Crippen LogP contribution in [0.2, 0.25) is 0 Å². The molecule has 2 N–H and O–H groups in total. The minimum absolute atomic E-state index is 0.00270. The molecule has 222 valence electrons. The molecule has 2 aromatic heterocycles. The predicted octanol–water partition coefficient (Wildman–Crippen LogP) is 7.42. The number of thiazole rings is 1. The number of hydrogen-bond acceptors (Lipinski definition) is 5. The Bertz CT molecular complexity index is 1760. The number of aliphatic hydroxyl groups is 1. The van der Waals surface area contributed by atoms with Gasteiger partial charge in [-0.15, -0.1) is 0 Å². The Morgan fingerprint density at radius 3 is 2.72 bits per heavy atom. The van der Waals surface area contributed by atoms with E-state index in [0.29, 0.717) is 29.3 Å². The quantitative estimate of drug-likeness (QED) is 0.258. The minimum Gasteiger partial charge on any atom is -0.379 e. The zero-order valence-corrected chi connectivity index (χ0v) is 25.6. The first-order valence-electron chi connectivity index (χ1n) is 15.5. The fraction of sp³-hybridized carbons (Fsp3) is 0.457. The number of amides is 1. The van der Waals surface area contributed by atoms with Crippen LogP contribution in [-0.4, -0.2) is 31.4 Å². The molecule has 0 spiro atoms. The van der Waals surface area contributed by atoms with Crippen molar-refractivity contribution in [3.8, 4) is 5.69 Å². The lowest BCUT2D eigenvalue weighted by Gasteiger charge is -2.61. The summed E-state index contributed by atoms with van der Waals surface area (Å²) >= 11 is 1.45. The van der Waals surface area contributed by atoms with Gasteiger partial charge in [0.25, 0.3) is 5.91 Å². The largest absolute Gasteiger partial charge is 0.379 e. The fourth-order valence-electron chi connectivity index (χ4n) is 10.1. The SMILES string of the molecule is C[C@H]1CC2(C)C(CCC2(O)C(=O)Nc2nc3ccccc3s2)C2CCC3=Cc4c(cnn4-c4ccc(F)cc4)CC3(C)C21. The van der Waals surface area contributed by atoms with Crippen LogP contribution in [0.15, 0.2) is 60.3 Å². The van der Waals surface area contributed by atoms with Crippen molar-refractivity contribution in [2.24, 2.45) is 34.5 Å². The van der Waals surface area contributed by atoms with E-state index in [-0.39, 0.29) is 23.1 Å². The number of carbonyl (C=O) groups is 1. The number of fused-ring (bicyclic) bond motifs is 7. The number of anilines is 1. The first-order valence-corrected chi connectivity index (χ1v) is 16.4. The third-order valence-electron chi connectivity index (χ3n) is 11.8. The van der Waals surface area contributed by atoms with E-state index in [1.54, 1.807) is 12.1 Å². The molecule has 4 aliphatic carbocycles. The molecular weight excluding hydrogens is 559 g/mol. The van der Waals surface area contributed by atoms with Crippen LogP contribution in [0.1, 0.15) is 64.1 Å². The Hall–Kier alpha value is -3.36. The molecule has 2 aromatic carbocycles. The molecule has 0 saturated heterocycles. The van der Waals surface area contributed by atoms with E-state index in [9.17, 15) is 14.3 Å². The van der Waals surface area contributed by atoms with Gasteiger partial charge in [-0.05, 0) is 116 Å². The minimum atomic E-state index is -1.43. The van der Waals surface area contributed by atoms with Crippen molar-refractivity contribution in [2.75, 3.05) is 5.32 Å². The number of allylic oxidation sites excluding steroid dienone is 1. The molecule has 1 amide bonds. The number of rotatable bonds is 3. The van der Waals surface area contributed by atoms with Gasteiger partial charge in [0.1, 0.15) is 11.4 Å². The highest BCUT2D eigenvalue weighted by atomic mass is 32.1. The number of halogens is 1. The molecule has 8 rings (SSSR count). The summed E-state index contributed by atoms with van der Waals surface area (Å²) in [6, 6.07) is 14.4. The molecule has 0 radical (unpaired) electrons. The molecule has 0 aliphatic heterocycles. The lowest BCUT2D eigenvalue weighted by Crippen LogP contribution is -2.60. The van der Waals surface area contributed by atoms with Crippen LogP contribution in [-0.2, 0) is 11.2 Å². The summed E-state index contributed by atoms with van der Waals surface area (Å²) < 4.78 is 16.6. The highest BCUT2D eigenvalue weighted by Crippen LogP contribution is 2.69. The molecular formula is C35H37FN4O2S. The zero-order valence-electron chi connectivity index (χ0n) is 24.8. The molecule has 6 nitrogen and oxygen atoms in total. The first kappa shape index (κ1) is 27.2. The molecule has 43 heavy (non-hydrogen) atoms. The van der Waals surface area contributed by atoms with Crippen molar-refractivity contribution in [3.05, 3.63) is 77.4 Å². The monoisotopic (exact) mass is 596 g/mol. The summed E-state index contributed by atoms with van der Waals surface area (Å²) in [6.45, 7) is 6.96. The summed E-state index contributed by atoms with van der Waals surface area (Å²) in [5.74, 6) is 0.965. The first-order chi connectivity index (χ1) is 20.6. The third-order valence-corrected chi connectivity index (χ3v) is 12.8. The van der Waals surface area contributed by atoms with Crippen LogP contribution in [0.25, 0.3) is 22.0 Å². The molecule has 4 aromatic rings. The second kappa shape index (κ2) is 9.32. The topological polar surface area (TPSA) is 80.0 Å². The van der Waals surface area contributed by atoms with Gasteiger partial charge in [-0.3, -0.25) is 10.1 Å². The molecule has 8 heteroatoms. The number of nitrogens with zero attached hydrogens (tertiary/aromatic N) is 3. The number of aromatic nitrogens is 3. The van der Waals surface area contributed by atoms with Gasteiger partial charge in [0.15, 0.2) is 5.13 Å². The molecule has 7 atom stereocenters. The van der Waals surface area contributed by atoms with Crippen molar-refractivity contribution in [1.82, 2.24) is 14.8 Å². The Kier molecular flexibility index (Phi) is 5.90. The summed E-state index contributed by atoms with van der Waals surface area (Å²) in [5.41, 5.74) is 3.61. The Labute approximate surface area is 255 Å². The van der Waals surface area contributed by atoms with E-state index in [2.05, 4.69) is 37.1 Å². The lowest BCUT2D eigenvalue weighted by molar-refractivity contribution is -0.165. The van der Waals surface area contributed by atoms with E-state index in [1.165, 1.54) is 34.6 Å². The van der Waals surface area contributed by atoms with Crippen LogP contribution in [0.3, 0.4) is 0 Å². The number of hydrogen-bond donors (Lipinski definition) is 2. The molecule has 6 unspecified atom stereocenters. The van der Waals surface area contributed by atoms with Crippen molar-refractivity contribution in [1.29, 1.82) is 0 Å². The fourth-order valence-corrected chi connectivity index (χ4v) is 10.9. The maximum atomic E-state index is 13.9. The van der Waals surface area contributed by atoms with E-state index < -0.39 is 11.0 Å². The van der Waals surface area contributed by atoms with Crippen LogP contribution in [0, 0.1) is 40.3 Å². The summed E-state index contributed by atoms with van der Waals surface area (Å²) in [7, 11) is 0. The Balaban J connectivity index is 1.08. The smallest absolute Gasteiger partial charge is 0.258 e. The van der Waals surface area contributed by atoms with E-state index in [4.69, 9.17) is 5.10 Å². The van der Waals surface area contributed by atoms with Gasteiger partial charge < -0.3 is 5.11 Å². The molecule has 4 aliphatic rings. The highest BCUT2D eigenvalue weighted by molar-refractivity contribution is 7.22. The van der Waals surface area contributed by atoms with Gasteiger partial charge in [-0.25, -0.2) is 14.1 Å². The Morgan fingerprint density at radius 2 is 1.93 bits per heavy atom. The standard InChI is InChI=1S/C35H37FN4O2S/c1-20-17-34(3)26(14-15-35(34,42)31(41)39-32-38-27-6-4-5-7-29(27)43-32)25-13-8-22-16-28-21(18-33(22,2)30(20)25)19-37-40(28)24-11-9-23(36)10-12-24/h4-7,9-12,16,19-20,25-26,30,42H,8,13-15,17-18H2,1-3H3,(H,38,39,41)/t20-,25?,26?,30?,33?,34?,35?/m0/s1. The van der Waals surface area contributed by atoms with Crippen LogP contribution in [0.4, 0.5) is 9.52 Å². The maximum absolute atomic E-state index is 13.9. The van der Waals surface area contributed by atoms with E-state index >= 15 is 0 Å². The van der Waals surface area contributed by atoms with Gasteiger partial charge in [0.2, 0.25) is 0 Å². The van der Waals surface area contributed by atoms with E-state index in [0.717, 1.165) is 53.7 Å². The van der Waals surface area contributed by atoms with Gasteiger partial charge in [0, 0.05) is 5.41 Å². The highest BCUT2D eigenvalue weighted by Gasteiger charge is 2.68. The predicted molar refractivity (Wildman–Crippen MR) is 167 cm³/mol. The summed E-state index contributed by atoms with van der Waals surface area (Å²) in [6.07, 6.45) is 9.47. The molecule has 0 bridgehead atoms. The molecule has 3 fully saturated rings. The third kappa shape index (κ3) is 3.81. The van der Waals surface area contributed by atoms with Crippen molar-refractivity contribution in [3.63, 3.8) is 0 Å². The average Bonchev–Trinajstić information content (AvgIpc) is 3.65. The van der Waals surface area contributed by atoms with Gasteiger partial charge >= 0.3 is 0 Å². The van der Waals surface area contributed by atoms with Crippen molar-refractivity contribution < 1.29 is 14.3 Å². The average molecular weight is 597 g/mol. The molecule has 2 heterocycles. The van der Waals surface area contributed by atoms with Crippen molar-refractivity contribution in [2.45, 2.75) is 64.9 Å². The van der Waals surface area contributed by atoms with Crippen LogP contribution >= 0.6 is 11.3 Å². The van der Waals surface area contributed by atoms with Gasteiger partial charge in [-0.1, -0.05) is 49.8 Å². The lowest BCUT2D eigenvalue weighted by atomic mass is 9.44. The second-order valence-electron chi connectivity index (χ2n) is 14.0. The number of carbonyl (C=O) groups excluding carboxylic acids is 1. The summed E-state index contributed by atoms with van der Waals surface area (Å²) in [4.78, 5) is 18.5. The van der Waals surface area contributed by atoms with Gasteiger partial charge in [-0.2, -0.15) is 5.10 Å². The van der Waals surface area contributed by atoms with E-state index in [1.807, 2.05) is 35.1 Å². The molecule has 3 saturated carbocycles. The second-order valence-corrected chi connectivity index (χ2v) is 15.0. The van der Waals surface area contributed by atoms with Crippen LogP contribution in [0.5, 0.6) is 0 Å².